The first-order chi connectivity index (χ1) is 12.8. The maximum atomic E-state index is 12.7. The molecule has 0 aromatic heterocycles. The zero-order valence-corrected chi connectivity index (χ0v) is 13.9. The molecule has 1 aliphatic heterocycles. The van der Waals surface area contributed by atoms with Gasteiger partial charge in [0.1, 0.15) is 0 Å². The Morgan fingerprint density at radius 2 is 1.69 bits per heavy atom. The molecule has 3 aromatic carbocycles. The second-order valence-electron chi connectivity index (χ2n) is 5.93. The Kier molecular flexibility index (Phi) is 3.97. The van der Waals surface area contributed by atoms with Crippen molar-refractivity contribution in [3.63, 3.8) is 0 Å². The summed E-state index contributed by atoms with van der Waals surface area (Å²) in [7, 11) is 0. The summed E-state index contributed by atoms with van der Waals surface area (Å²) in [4.78, 5) is 12.7. The lowest BCUT2D eigenvalue weighted by Crippen LogP contribution is -2.10. The fourth-order valence-electron chi connectivity index (χ4n) is 3.06. The first kappa shape index (κ1) is 15.7. The molecule has 0 saturated carbocycles. The summed E-state index contributed by atoms with van der Waals surface area (Å²) in [5.74, 6) is -0.144. The molecule has 1 heterocycles. The van der Waals surface area contributed by atoms with Crippen LogP contribution in [-0.2, 0) is 4.79 Å². The van der Waals surface area contributed by atoms with Gasteiger partial charge in [-0.1, -0.05) is 54.6 Å². The maximum absolute atomic E-state index is 12.7. The first-order valence-corrected chi connectivity index (χ1v) is 8.24. The number of nitriles is 1. The fraction of sp³-hybridized carbons (Fsp3) is 0. The van der Waals surface area contributed by atoms with Gasteiger partial charge in [-0.15, -0.1) is 0 Å². The summed E-state index contributed by atoms with van der Waals surface area (Å²) in [6, 6.07) is 26.7. The van der Waals surface area contributed by atoms with Crippen LogP contribution in [0.1, 0.15) is 16.7 Å². The molecule has 4 rings (SSSR count). The van der Waals surface area contributed by atoms with E-state index in [1.54, 1.807) is 12.1 Å². The van der Waals surface area contributed by atoms with Crippen LogP contribution in [0.2, 0.25) is 0 Å². The predicted molar refractivity (Wildman–Crippen MR) is 103 cm³/mol. The quantitative estimate of drug-likeness (QED) is 0.692. The van der Waals surface area contributed by atoms with E-state index in [1.807, 2.05) is 66.7 Å². The minimum atomic E-state index is -0.144. The van der Waals surface area contributed by atoms with Crippen molar-refractivity contribution in [1.29, 1.82) is 5.26 Å². The molecule has 1 aliphatic rings. The second kappa shape index (κ2) is 6.58. The highest BCUT2D eigenvalue weighted by Crippen LogP contribution is 2.37. The highest BCUT2D eigenvalue weighted by Gasteiger charge is 2.27. The Bertz CT molecular complexity index is 1060. The summed E-state index contributed by atoms with van der Waals surface area (Å²) < 4.78 is 0. The molecule has 0 bridgehead atoms. The molecule has 0 saturated heterocycles. The number of carbonyl (C=O) groups is 1. The Hall–Kier alpha value is -3.84. The molecule has 0 atom stereocenters. The van der Waals surface area contributed by atoms with Crippen molar-refractivity contribution >= 4 is 28.6 Å². The van der Waals surface area contributed by atoms with Gasteiger partial charge in [0.15, 0.2) is 0 Å². The van der Waals surface area contributed by atoms with E-state index in [4.69, 9.17) is 5.26 Å². The molecule has 0 aliphatic carbocycles. The molecule has 26 heavy (non-hydrogen) atoms. The number of hydrogen-bond donors (Lipinski definition) is 2. The summed E-state index contributed by atoms with van der Waals surface area (Å²) in [5, 5.41) is 15.4. The number of amides is 1. The molecular formula is C22H15N3O. The average Bonchev–Trinajstić information content (AvgIpc) is 3.02. The lowest BCUT2D eigenvalue weighted by Gasteiger charge is -2.15. The van der Waals surface area contributed by atoms with Gasteiger partial charge in [0.05, 0.1) is 22.9 Å². The highest BCUT2D eigenvalue weighted by atomic mass is 16.2. The van der Waals surface area contributed by atoms with Gasteiger partial charge in [-0.05, 0) is 29.8 Å². The molecule has 0 fully saturated rings. The number of anilines is 2. The van der Waals surface area contributed by atoms with Gasteiger partial charge in [0.2, 0.25) is 0 Å². The normalized spacial score (nSPS) is 14.2. The monoisotopic (exact) mass is 337 g/mol. The number of rotatable bonds is 3. The maximum Gasteiger partial charge on any atom is 0.258 e. The molecule has 4 heteroatoms. The summed E-state index contributed by atoms with van der Waals surface area (Å²) in [6.07, 6.45) is 0. The molecule has 2 N–H and O–H groups in total. The number of nitrogens with zero attached hydrogens (tertiary/aromatic N) is 1. The van der Waals surface area contributed by atoms with E-state index in [9.17, 15) is 4.79 Å². The number of hydrogen-bond acceptors (Lipinski definition) is 3. The average molecular weight is 337 g/mol. The fourth-order valence-corrected chi connectivity index (χ4v) is 3.06. The van der Waals surface area contributed by atoms with Crippen molar-refractivity contribution in [3.8, 4) is 6.07 Å². The molecule has 1 amide bonds. The van der Waals surface area contributed by atoms with Crippen molar-refractivity contribution < 1.29 is 4.79 Å². The Labute approximate surface area is 151 Å². The van der Waals surface area contributed by atoms with Crippen LogP contribution in [0.3, 0.4) is 0 Å². The summed E-state index contributed by atoms with van der Waals surface area (Å²) >= 11 is 0. The zero-order chi connectivity index (χ0) is 17.9. The molecule has 4 nitrogen and oxygen atoms in total. The van der Waals surface area contributed by atoms with Crippen LogP contribution in [0.5, 0.6) is 0 Å². The SMILES string of the molecule is N#Cc1cccc(N/C(=C2\C(=O)Nc3ccccc32)c2ccccc2)c1. The van der Waals surface area contributed by atoms with Crippen LogP contribution >= 0.6 is 0 Å². The lowest BCUT2D eigenvalue weighted by atomic mass is 10.00. The number of nitrogens with one attached hydrogen (secondary N) is 2. The minimum absolute atomic E-state index is 0.144. The Morgan fingerprint density at radius 1 is 0.923 bits per heavy atom. The van der Waals surface area contributed by atoms with Crippen LogP contribution < -0.4 is 10.6 Å². The third-order valence-electron chi connectivity index (χ3n) is 4.25. The highest BCUT2D eigenvalue weighted by molar-refractivity contribution is 6.37. The van der Waals surface area contributed by atoms with Gasteiger partial charge in [-0.3, -0.25) is 4.79 Å². The van der Waals surface area contributed by atoms with Gasteiger partial charge >= 0.3 is 0 Å². The Morgan fingerprint density at radius 3 is 2.50 bits per heavy atom. The van der Waals surface area contributed by atoms with Crippen LogP contribution in [0.4, 0.5) is 11.4 Å². The van der Waals surface area contributed by atoms with Crippen molar-refractivity contribution in [2.75, 3.05) is 10.6 Å². The van der Waals surface area contributed by atoms with E-state index in [2.05, 4.69) is 16.7 Å². The van der Waals surface area contributed by atoms with Crippen LogP contribution in [0.25, 0.3) is 11.3 Å². The molecule has 3 aromatic rings. The zero-order valence-electron chi connectivity index (χ0n) is 13.9. The van der Waals surface area contributed by atoms with E-state index in [0.717, 1.165) is 22.5 Å². The number of carbonyl (C=O) groups excluding carboxylic acids is 1. The van der Waals surface area contributed by atoms with Gasteiger partial charge in [-0.2, -0.15) is 5.26 Å². The van der Waals surface area contributed by atoms with Gasteiger partial charge < -0.3 is 10.6 Å². The second-order valence-corrected chi connectivity index (χ2v) is 5.93. The third-order valence-corrected chi connectivity index (χ3v) is 4.25. The van der Waals surface area contributed by atoms with Crippen LogP contribution in [0, 0.1) is 11.3 Å². The van der Waals surface area contributed by atoms with Crippen molar-refractivity contribution in [1.82, 2.24) is 0 Å². The van der Waals surface area contributed by atoms with E-state index in [-0.39, 0.29) is 5.91 Å². The predicted octanol–water partition coefficient (Wildman–Crippen LogP) is 4.49. The van der Waals surface area contributed by atoms with Crippen molar-refractivity contribution in [2.45, 2.75) is 0 Å². The van der Waals surface area contributed by atoms with Gasteiger partial charge in [0, 0.05) is 16.9 Å². The molecule has 0 spiro atoms. The standard InChI is InChI=1S/C22H15N3O/c23-14-15-7-6-10-17(13-15)24-21(16-8-2-1-3-9-16)20-18-11-4-5-12-19(18)25-22(20)26/h1-13,24H,(H,25,26)/b21-20-. The van der Waals surface area contributed by atoms with Crippen LogP contribution in [-0.4, -0.2) is 5.91 Å². The lowest BCUT2D eigenvalue weighted by molar-refractivity contribution is -0.110. The Balaban J connectivity index is 1.90. The van der Waals surface area contributed by atoms with E-state index >= 15 is 0 Å². The van der Waals surface area contributed by atoms with Gasteiger partial charge in [0.25, 0.3) is 5.91 Å². The minimum Gasteiger partial charge on any atom is -0.354 e. The summed E-state index contributed by atoms with van der Waals surface area (Å²) in [6.45, 7) is 0. The largest absolute Gasteiger partial charge is 0.354 e. The van der Waals surface area contributed by atoms with E-state index in [1.165, 1.54) is 0 Å². The molecule has 124 valence electrons. The first-order valence-electron chi connectivity index (χ1n) is 8.24. The van der Waals surface area contributed by atoms with E-state index in [0.29, 0.717) is 16.8 Å². The third kappa shape index (κ3) is 2.83. The van der Waals surface area contributed by atoms with Gasteiger partial charge in [-0.25, -0.2) is 0 Å². The molecular weight excluding hydrogens is 322 g/mol. The topological polar surface area (TPSA) is 64.9 Å². The number of benzene rings is 3. The summed E-state index contributed by atoms with van der Waals surface area (Å²) in [5.41, 5.74) is 5.18. The smallest absolute Gasteiger partial charge is 0.258 e. The molecule has 0 unspecified atom stereocenters. The number of fused-ring (bicyclic) bond motifs is 1. The van der Waals surface area contributed by atoms with Crippen molar-refractivity contribution in [2.24, 2.45) is 0 Å². The number of para-hydroxylation sites is 1. The molecule has 0 radical (unpaired) electrons. The van der Waals surface area contributed by atoms with Crippen molar-refractivity contribution in [3.05, 3.63) is 95.6 Å². The van der Waals surface area contributed by atoms with E-state index < -0.39 is 0 Å². The van der Waals surface area contributed by atoms with Crippen LogP contribution in [0.15, 0.2) is 78.9 Å².